The van der Waals surface area contributed by atoms with Gasteiger partial charge in [-0.25, -0.2) is 0 Å². The van der Waals surface area contributed by atoms with Crippen LogP contribution in [0.2, 0.25) is 0 Å². The second kappa shape index (κ2) is 9.35. The molecule has 24 heavy (non-hydrogen) atoms. The van der Waals surface area contributed by atoms with Crippen molar-refractivity contribution in [3.05, 3.63) is 59.7 Å². The minimum Gasteiger partial charge on any atom is -0.491 e. The van der Waals surface area contributed by atoms with Crippen molar-refractivity contribution in [3.63, 3.8) is 0 Å². The maximum atomic E-state index is 11.0. The number of carbonyl (C=O) groups is 1. The van der Waals surface area contributed by atoms with Gasteiger partial charge < -0.3 is 15.2 Å². The summed E-state index contributed by atoms with van der Waals surface area (Å²) in [6.45, 7) is 3.82. The molecular weight excluding hydrogens is 322 g/mol. The van der Waals surface area contributed by atoms with Gasteiger partial charge in [0.05, 0.1) is 6.10 Å². The summed E-state index contributed by atoms with van der Waals surface area (Å²) in [7, 11) is 0. The standard InChI is InChI=1S/C19H23NO3S/c1-14-5-3-4-6-16(14)12-24-13-18(22)11-23-19-9-7-17(8-10-19)20-15(2)21/h3-10,18,22H,11-13H2,1-2H3,(H,20,21). The van der Waals surface area contributed by atoms with Crippen molar-refractivity contribution in [2.24, 2.45) is 0 Å². The van der Waals surface area contributed by atoms with Gasteiger partial charge in [-0.2, -0.15) is 11.8 Å². The predicted molar refractivity (Wildman–Crippen MR) is 99.6 cm³/mol. The molecule has 0 heterocycles. The maximum Gasteiger partial charge on any atom is 0.221 e. The van der Waals surface area contributed by atoms with Gasteiger partial charge in [0.25, 0.3) is 0 Å². The molecule has 0 radical (unpaired) electrons. The van der Waals surface area contributed by atoms with Gasteiger partial charge in [0, 0.05) is 24.1 Å². The number of benzene rings is 2. The highest BCUT2D eigenvalue weighted by Crippen LogP contribution is 2.18. The molecule has 2 rings (SSSR count). The first kappa shape index (κ1) is 18.4. The number of rotatable bonds is 8. The topological polar surface area (TPSA) is 58.6 Å². The number of thioether (sulfide) groups is 1. The number of hydrogen-bond acceptors (Lipinski definition) is 4. The van der Waals surface area contributed by atoms with Crippen LogP contribution < -0.4 is 10.1 Å². The molecule has 128 valence electrons. The Morgan fingerprint density at radius 3 is 2.58 bits per heavy atom. The molecule has 0 fully saturated rings. The zero-order valence-corrected chi connectivity index (χ0v) is 14.8. The number of carbonyl (C=O) groups excluding carboxylic acids is 1. The van der Waals surface area contributed by atoms with Crippen molar-refractivity contribution >= 4 is 23.4 Å². The number of aryl methyl sites for hydroxylation is 1. The fraction of sp³-hybridized carbons (Fsp3) is 0.316. The van der Waals surface area contributed by atoms with Gasteiger partial charge in [-0.3, -0.25) is 4.79 Å². The number of aliphatic hydroxyl groups is 1. The van der Waals surface area contributed by atoms with Crippen LogP contribution in [0.4, 0.5) is 5.69 Å². The van der Waals surface area contributed by atoms with E-state index in [0.29, 0.717) is 11.5 Å². The van der Waals surface area contributed by atoms with Crippen LogP contribution in [0.5, 0.6) is 5.75 Å². The lowest BCUT2D eigenvalue weighted by molar-refractivity contribution is -0.114. The molecular formula is C19H23NO3S. The Bertz CT molecular complexity index is 658. The molecule has 0 aromatic heterocycles. The van der Waals surface area contributed by atoms with E-state index in [-0.39, 0.29) is 12.5 Å². The van der Waals surface area contributed by atoms with Crippen molar-refractivity contribution < 1.29 is 14.6 Å². The number of hydrogen-bond donors (Lipinski definition) is 2. The van der Waals surface area contributed by atoms with E-state index in [4.69, 9.17) is 4.74 Å². The molecule has 0 aliphatic heterocycles. The third-order valence-electron chi connectivity index (χ3n) is 3.45. The Labute approximate surface area is 147 Å². The Morgan fingerprint density at radius 1 is 1.21 bits per heavy atom. The molecule has 0 spiro atoms. The third kappa shape index (κ3) is 6.26. The van der Waals surface area contributed by atoms with E-state index in [1.54, 1.807) is 36.0 Å². The number of anilines is 1. The van der Waals surface area contributed by atoms with Gasteiger partial charge in [0.1, 0.15) is 12.4 Å². The first-order valence-electron chi connectivity index (χ1n) is 7.85. The quantitative estimate of drug-likeness (QED) is 0.767. The highest BCUT2D eigenvalue weighted by atomic mass is 32.2. The largest absolute Gasteiger partial charge is 0.491 e. The number of aliphatic hydroxyl groups excluding tert-OH is 1. The van der Waals surface area contributed by atoms with Crippen molar-refractivity contribution in [3.8, 4) is 5.75 Å². The van der Waals surface area contributed by atoms with E-state index in [2.05, 4.69) is 24.4 Å². The minimum atomic E-state index is -0.519. The molecule has 5 heteroatoms. The van der Waals surface area contributed by atoms with Gasteiger partial charge in [-0.15, -0.1) is 0 Å². The van der Waals surface area contributed by atoms with Crippen molar-refractivity contribution in [2.75, 3.05) is 17.7 Å². The highest BCUT2D eigenvalue weighted by Gasteiger charge is 2.07. The lowest BCUT2D eigenvalue weighted by atomic mass is 10.1. The van der Waals surface area contributed by atoms with E-state index < -0.39 is 6.10 Å². The fourth-order valence-electron chi connectivity index (χ4n) is 2.16. The van der Waals surface area contributed by atoms with E-state index in [1.165, 1.54) is 18.1 Å². The normalized spacial score (nSPS) is 11.8. The van der Waals surface area contributed by atoms with Crippen LogP contribution in [-0.2, 0) is 10.5 Å². The molecule has 2 aromatic rings. The summed E-state index contributed by atoms with van der Waals surface area (Å²) in [5.74, 6) is 2.07. The first-order chi connectivity index (χ1) is 11.5. The van der Waals surface area contributed by atoms with Gasteiger partial charge in [0.15, 0.2) is 0 Å². The molecule has 0 bridgehead atoms. The number of ether oxygens (including phenoxy) is 1. The van der Waals surface area contributed by atoms with E-state index in [1.807, 2.05) is 12.1 Å². The molecule has 1 amide bonds. The van der Waals surface area contributed by atoms with E-state index in [0.717, 1.165) is 11.4 Å². The maximum absolute atomic E-state index is 11.0. The lowest BCUT2D eigenvalue weighted by Crippen LogP contribution is -2.20. The SMILES string of the molecule is CC(=O)Nc1ccc(OCC(O)CSCc2ccccc2C)cc1. The molecule has 1 atom stereocenters. The van der Waals surface area contributed by atoms with E-state index >= 15 is 0 Å². The molecule has 1 unspecified atom stereocenters. The Morgan fingerprint density at radius 2 is 1.92 bits per heavy atom. The van der Waals surface area contributed by atoms with Crippen LogP contribution in [0.25, 0.3) is 0 Å². The van der Waals surface area contributed by atoms with E-state index in [9.17, 15) is 9.90 Å². The summed E-state index contributed by atoms with van der Waals surface area (Å²) in [4.78, 5) is 11.0. The summed E-state index contributed by atoms with van der Waals surface area (Å²) in [6.07, 6.45) is -0.519. The summed E-state index contributed by atoms with van der Waals surface area (Å²) < 4.78 is 5.58. The number of nitrogens with one attached hydrogen (secondary N) is 1. The monoisotopic (exact) mass is 345 g/mol. The minimum absolute atomic E-state index is 0.107. The van der Waals surface area contributed by atoms with Crippen LogP contribution in [0, 0.1) is 6.92 Å². The second-order valence-electron chi connectivity index (χ2n) is 5.61. The number of amides is 1. The molecule has 0 saturated heterocycles. The van der Waals surface area contributed by atoms with Gasteiger partial charge >= 0.3 is 0 Å². The smallest absolute Gasteiger partial charge is 0.221 e. The van der Waals surface area contributed by atoms with Crippen molar-refractivity contribution in [2.45, 2.75) is 25.7 Å². The average Bonchev–Trinajstić information content (AvgIpc) is 2.55. The molecule has 0 aliphatic carbocycles. The Hall–Kier alpha value is -1.98. The summed E-state index contributed by atoms with van der Waals surface area (Å²) in [6, 6.07) is 15.4. The zero-order valence-electron chi connectivity index (χ0n) is 14.0. The van der Waals surface area contributed by atoms with Crippen molar-refractivity contribution in [1.82, 2.24) is 0 Å². The highest BCUT2D eigenvalue weighted by molar-refractivity contribution is 7.98. The summed E-state index contributed by atoms with van der Waals surface area (Å²) in [5.41, 5.74) is 3.29. The van der Waals surface area contributed by atoms with Gasteiger partial charge in [0.2, 0.25) is 5.91 Å². The predicted octanol–water partition coefficient (Wildman–Crippen LogP) is 3.63. The van der Waals surface area contributed by atoms with Crippen LogP contribution in [0.1, 0.15) is 18.1 Å². The molecule has 2 N–H and O–H groups in total. The lowest BCUT2D eigenvalue weighted by Gasteiger charge is -2.13. The van der Waals surface area contributed by atoms with Crippen LogP contribution in [0.15, 0.2) is 48.5 Å². The van der Waals surface area contributed by atoms with Crippen molar-refractivity contribution in [1.29, 1.82) is 0 Å². The summed E-state index contributed by atoms with van der Waals surface area (Å²) in [5, 5.41) is 12.7. The fourth-order valence-corrected chi connectivity index (χ4v) is 3.19. The zero-order chi connectivity index (χ0) is 17.4. The Kier molecular flexibility index (Phi) is 7.15. The molecule has 4 nitrogen and oxygen atoms in total. The van der Waals surface area contributed by atoms with Crippen LogP contribution >= 0.6 is 11.8 Å². The van der Waals surface area contributed by atoms with Gasteiger partial charge in [-0.05, 0) is 42.3 Å². The summed E-state index contributed by atoms with van der Waals surface area (Å²) >= 11 is 1.70. The molecule has 2 aromatic carbocycles. The average molecular weight is 345 g/mol. The Balaban J connectivity index is 1.70. The molecule has 0 saturated carbocycles. The first-order valence-corrected chi connectivity index (χ1v) is 9.01. The van der Waals surface area contributed by atoms with Crippen LogP contribution in [0.3, 0.4) is 0 Å². The second-order valence-corrected chi connectivity index (χ2v) is 6.64. The molecule has 0 aliphatic rings. The van der Waals surface area contributed by atoms with Gasteiger partial charge in [-0.1, -0.05) is 24.3 Å². The third-order valence-corrected chi connectivity index (χ3v) is 4.58. The van der Waals surface area contributed by atoms with Crippen LogP contribution in [-0.4, -0.2) is 29.5 Å².